The Morgan fingerprint density at radius 1 is 1.33 bits per heavy atom. The maximum absolute atomic E-state index is 11.8. The zero-order valence-electron chi connectivity index (χ0n) is 10.5. The lowest BCUT2D eigenvalue weighted by atomic mass is 10.4. The van der Waals surface area contributed by atoms with Crippen LogP contribution in [0.1, 0.15) is 24.3 Å². The minimum absolute atomic E-state index is 0.0826. The minimum atomic E-state index is -0.542. The molecule has 0 unspecified atom stereocenters. The van der Waals surface area contributed by atoms with E-state index < -0.39 is 5.97 Å². The predicted molar refractivity (Wildman–Crippen MR) is 63.4 cm³/mol. The Morgan fingerprint density at radius 3 is 2.78 bits per heavy atom. The zero-order chi connectivity index (χ0) is 13.1. The molecule has 2 aromatic heterocycles. The maximum atomic E-state index is 11.8. The summed E-state index contributed by atoms with van der Waals surface area (Å²) >= 11 is 0. The van der Waals surface area contributed by atoms with E-state index in [1.54, 1.807) is 24.9 Å². The van der Waals surface area contributed by atoms with Gasteiger partial charge in [0, 0.05) is 7.05 Å². The first-order chi connectivity index (χ1) is 8.67. The third-order valence-electron chi connectivity index (χ3n) is 2.28. The monoisotopic (exact) mass is 250 g/mol. The summed E-state index contributed by atoms with van der Waals surface area (Å²) in [5.41, 5.74) is 1.18. The SMILES string of the molecule is CCOC(=O)c1nc2cnn(C)c2nc1OCC. The Morgan fingerprint density at radius 2 is 2.11 bits per heavy atom. The van der Waals surface area contributed by atoms with Crippen molar-refractivity contribution in [3.05, 3.63) is 11.9 Å². The van der Waals surface area contributed by atoms with Crippen molar-refractivity contribution >= 4 is 17.1 Å². The smallest absolute Gasteiger partial charge is 0.362 e. The first-order valence-electron chi connectivity index (χ1n) is 5.67. The van der Waals surface area contributed by atoms with Crippen LogP contribution in [0.25, 0.3) is 11.2 Å². The molecule has 0 spiro atoms. The van der Waals surface area contributed by atoms with Gasteiger partial charge in [0.15, 0.2) is 5.65 Å². The lowest BCUT2D eigenvalue weighted by molar-refractivity contribution is 0.0514. The summed E-state index contributed by atoms with van der Waals surface area (Å²) in [6.07, 6.45) is 1.54. The van der Waals surface area contributed by atoms with Gasteiger partial charge in [0.2, 0.25) is 11.6 Å². The number of aryl methyl sites for hydroxylation is 1. The molecule has 0 aliphatic heterocycles. The van der Waals surface area contributed by atoms with Gasteiger partial charge in [0.25, 0.3) is 0 Å². The van der Waals surface area contributed by atoms with Crippen LogP contribution >= 0.6 is 0 Å². The van der Waals surface area contributed by atoms with Crippen LogP contribution in [-0.2, 0) is 11.8 Å². The molecule has 7 nitrogen and oxygen atoms in total. The van der Waals surface area contributed by atoms with Gasteiger partial charge in [-0.1, -0.05) is 0 Å². The fourth-order valence-electron chi connectivity index (χ4n) is 1.52. The van der Waals surface area contributed by atoms with Crippen LogP contribution in [0.3, 0.4) is 0 Å². The lowest BCUT2D eigenvalue weighted by Gasteiger charge is -2.07. The van der Waals surface area contributed by atoms with Crippen LogP contribution in [-0.4, -0.2) is 38.9 Å². The highest BCUT2D eigenvalue weighted by molar-refractivity contribution is 5.91. The van der Waals surface area contributed by atoms with Crippen LogP contribution in [0.4, 0.5) is 0 Å². The molecule has 0 radical (unpaired) electrons. The predicted octanol–water partition coefficient (Wildman–Crippen LogP) is 0.939. The van der Waals surface area contributed by atoms with Crippen molar-refractivity contribution in [1.82, 2.24) is 19.7 Å². The van der Waals surface area contributed by atoms with Crippen LogP contribution in [0.5, 0.6) is 5.88 Å². The molecular formula is C11H14N4O3. The standard InChI is InChI=1S/C11H14N4O3/c1-4-17-10-8(11(16)18-5-2)13-7-6-12-15(3)9(7)14-10/h6H,4-5H2,1-3H3. The quantitative estimate of drug-likeness (QED) is 0.751. The summed E-state index contributed by atoms with van der Waals surface area (Å²) < 4.78 is 11.8. The number of aromatic nitrogens is 4. The van der Waals surface area contributed by atoms with E-state index in [0.29, 0.717) is 17.8 Å². The average Bonchev–Trinajstić information content (AvgIpc) is 2.71. The van der Waals surface area contributed by atoms with Crippen LogP contribution in [0.2, 0.25) is 0 Å². The number of fused-ring (bicyclic) bond motifs is 1. The van der Waals surface area contributed by atoms with Gasteiger partial charge in [0.1, 0.15) is 5.52 Å². The topological polar surface area (TPSA) is 79.1 Å². The van der Waals surface area contributed by atoms with Crippen LogP contribution < -0.4 is 4.74 Å². The molecule has 7 heteroatoms. The number of hydrogen-bond acceptors (Lipinski definition) is 6. The van der Waals surface area contributed by atoms with Gasteiger partial charge < -0.3 is 9.47 Å². The summed E-state index contributed by atoms with van der Waals surface area (Å²) in [5, 5.41) is 4.03. The van der Waals surface area contributed by atoms with Crippen molar-refractivity contribution < 1.29 is 14.3 Å². The first kappa shape index (κ1) is 12.3. The molecule has 0 amide bonds. The average molecular weight is 250 g/mol. The van der Waals surface area contributed by atoms with Crippen molar-refractivity contribution in [2.24, 2.45) is 7.05 Å². The number of nitrogens with zero attached hydrogens (tertiary/aromatic N) is 4. The fourth-order valence-corrected chi connectivity index (χ4v) is 1.52. The zero-order valence-corrected chi connectivity index (χ0v) is 10.5. The highest BCUT2D eigenvalue weighted by Gasteiger charge is 2.20. The molecule has 0 saturated carbocycles. The minimum Gasteiger partial charge on any atom is -0.476 e. The summed E-state index contributed by atoms with van der Waals surface area (Å²) in [6.45, 7) is 4.21. The van der Waals surface area contributed by atoms with E-state index in [9.17, 15) is 4.79 Å². The fraction of sp³-hybridized carbons (Fsp3) is 0.455. The number of carbonyl (C=O) groups excluding carboxylic acids is 1. The van der Waals surface area contributed by atoms with Gasteiger partial charge in [0.05, 0.1) is 19.4 Å². The highest BCUT2D eigenvalue weighted by atomic mass is 16.5. The van der Waals surface area contributed by atoms with E-state index in [-0.39, 0.29) is 18.2 Å². The van der Waals surface area contributed by atoms with E-state index in [2.05, 4.69) is 15.1 Å². The number of esters is 1. The maximum Gasteiger partial charge on any atom is 0.362 e. The molecule has 0 atom stereocenters. The largest absolute Gasteiger partial charge is 0.476 e. The summed E-state index contributed by atoms with van der Waals surface area (Å²) in [6, 6.07) is 0. The van der Waals surface area contributed by atoms with Crippen LogP contribution in [0.15, 0.2) is 6.20 Å². The molecule has 2 heterocycles. The van der Waals surface area contributed by atoms with E-state index in [4.69, 9.17) is 9.47 Å². The molecule has 0 fully saturated rings. The Labute approximate surface area is 104 Å². The first-order valence-corrected chi connectivity index (χ1v) is 5.67. The summed E-state index contributed by atoms with van der Waals surface area (Å²) in [5.74, 6) is -0.369. The Bertz CT molecular complexity index is 579. The Kier molecular flexibility index (Phi) is 3.40. The molecule has 96 valence electrons. The van der Waals surface area contributed by atoms with Crippen molar-refractivity contribution in [3.8, 4) is 5.88 Å². The van der Waals surface area contributed by atoms with E-state index in [1.165, 1.54) is 0 Å². The molecule has 2 aromatic rings. The Hall–Kier alpha value is -2.18. The van der Waals surface area contributed by atoms with Gasteiger partial charge in [-0.25, -0.2) is 14.5 Å². The van der Waals surface area contributed by atoms with E-state index >= 15 is 0 Å². The highest BCUT2D eigenvalue weighted by Crippen LogP contribution is 2.19. The third-order valence-corrected chi connectivity index (χ3v) is 2.28. The second-order valence-electron chi connectivity index (χ2n) is 3.51. The molecule has 0 aliphatic carbocycles. The lowest BCUT2D eigenvalue weighted by Crippen LogP contribution is -2.12. The van der Waals surface area contributed by atoms with Crippen LogP contribution in [0, 0.1) is 0 Å². The molecule has 0 saturated heterocycles. The molecule has 0 aliphatic rings. The van der Waals surface area contributed by atoms with Crippen molar-refractivity contribution in [2.45, 2.75) is 13.8 Å². The summed E-state index contributed by atoms with van der Waals surface area (Å²) in [4.78, 5) is 20.2. The van der Waals surface area contributed by atoms with Gasteiger partial charge in [-0.05, 0) is 13.8 Å². The van der Waals surface area contributed by atoms with Gasteiger partial charge in [-0.2, -0.15) is 10.1 Å². The van der Waals surface area contributed by atoms with E-state index in [1.807, 2.05) is 6.92 Å². The Balaban J connectivity index is 2.54. The van der Waals surface area contributed by atoms with E-state index in [0.717, 1.165) is 0 Å². The van der Waals surface area contributed by atoms with Crippen molar-refractivity contribution in [2.75, 3.05) is 13.2 Å². The number of carbonyl (C=O) groups is 1. The molecule has 18 heavy (non-hydrogen) atoms. The third kappa shape index (κ3) is 2.11. The molecular weight excluding hydrogens is 236 g/mol. The second-order valence-corrected chi connectivity index (χ2v) is 3.51. The van der Waals surface area contributed by atoms with Crippen molar-refractivity contribution in [1.29, 1.82) is 0 Å². The van der Waals surface area contributed by atoms with Gasteiger partial charge in [-0.3, -0.25) is 0 Å². The summed E-state index contributed by atoms with van der Waals surface area (Å²) in [7, 11) is 1.75. The molecule has 0 N–H and O–H groups in total. The number of ether oxygens (including phenoxy) is 2. The normalized spacial score (nSPS) is 10.6. The number of rotatable bonds is 4. The molecule has 0 aromatic carbocycles. The number of hydrogen-bond donors (Lipinski definition) is 0. The molecule has 0 bridgehead atoms. The second kappa shape index (κ2) is 4.99. The van der Waals surface area contributed by atoms with Crippen molar-refractivity contribution in [3.63, 3.8) is 0 Å². The van der Waals surface area contributed by atoms with Gasteiger partial charge >= 0.3 is 5.97 Å². The molecule has 2 rings (SSSR count). The van der Waals surface area contributed by atoms with Gasteiger partial charge in [-0.15, -0.1) is 0 Å².